The minimum Gasteiger partial charge on any atom is -0.493 e. The summed E-state index contributed by atoms with van der Waals surface area (Å²) in [6, 6.07) is 8.70. The van der Waals surface area contributed by atoms with E-state index in [1.54, 1.807) is 25.1 Å². The molecule has 30 heavy (non-hydrogen) atoms. The molecule has 0 heterocycles. The summed E-state index contributed by atoms with van der Waals surface area (Å²) in [4.78, 5) is 23.1. The Morgan fingerprint density at radius 2 is 2.00 bits per heavy atom. The van der Waals surface area contributed by atoms with Crippen LogP contribution >= 0.6 is 0 Å². The summed E-state index contributed by atoms with van der Waals surface area (Å²) in [5.41, 5.74) is 0.942. The fraction of sp³-hybridized carbons (Fsp3) is 0.200. The molecule has 0 saturated carbocycles. The number of nitrogens with one attached hydrogen (secondary N) is 1. The molecular weight excluding hydrogens is 400 g/mol. The van der Waals surface area contributed by atoms with Crippen molar-refractivity contribution in [3.63, 3.8) is 0 Å². The van der Waals surface area contributed by atoms with Gasteiger partial charge >= 0.3 is 6.61 Å². The van der Waals surface area contributed by atoms with Crippen molar-refractivity contribution in [2.24, 2.45) is 0 Å². The van der Waals surface area contributed by atoms with Crippen LogP contribution in [0.1, 0.15) is 16.7 Å². The fourth-order valence-corrected chi connectivity index (χ4v) is 2.57. The minimum atomic E-state index is -3.22. The van der Waals surface area contributed by atoms with E-state index in [-0.39, 0.29) is 11.3 Å². The zero-order valence-corrected chi connectivity index (χ0v) is 16.2. The van der Waals surface area contributed by atoms with Crippen LogP contribution < -0.4 is 14.8 Å². The van der Waals surface area contributed by atoms with Crippen molar-refractivity contribution in [1.82, 2.24) is 0 Å². The summed E-state index contributed by atoms with van der Waals surface area (Å²) in [5, 5.41) is 23.3. The monoisotopic (exact) mass is 417 g/mol. The third-order valence-corrected chi connectivity index (χ3v) is 4.24. The largest absolute Gasteiger partial charge is 0.493 e. The van der Waals surface area contributed by atoms with Crippen molar-refractivity contribution in [1.29, 1.82) is 5.26 Å². The van der Waals surface area contributed by atoms with Gasteiger partial charge in [-0.05, 0) is 43.2 Å². The predicted octanol–water partition coefficient (Wildman–Crippen LogP) is 4.37. The molecule has 1 N–H and O–H groups in total. The summed E-state index contributed by atoms with van der Waals surface area (Å²) in [7, 11) is 1.16. The highest BCUT2D eigenvalue weighted by atomic mass is 19.3. The molecule has 0 radical (unpaired) electrons. The van der Waals surface area contributed by atoms with Crippen LogP contribution in [0.15, 0.2) is 35.9 Å². The first-order valence-electron chi connectivity index (χ1n) is 8.48. The molecule has 156 valence electrons. The number of carbonyl (C=O) groups is 1. The first-order chi connectivity index (χ1) is 14.2. The van der Waals surface area contributed by atoms with Crippen molar-refractivity contribution in [3.05, 3.63) is 62.7 Å². The third kappa shape index (κ3) is 5.08. The summed E-state index contributed by atoms with van der Waals surface area (Å²) in [6.07, 6.45) is 0.979. The highest BCUT2D eigenvalue weighted by Crippen LogP contribution is 2.36. The van der Waals surface area contributed by atoms with Gasteiger partial charge in [0.25, 0.3) is 11.6 Å². The first-order valence-corrected chi connectivity index (χ1v) is 8.48. The zero-order chi connectivity index (χ0) is 22.4. The van der Waals surface area contributed by atoms with Crippen molar-refractivity contribution < 1.29 is 28.0 Å². The Labute approximate surface area is 170 Å². The van der Waals surface area contributed by atoms with Crippen LogP contribution in [-0.4, -0.2) is 24.6 Å². The smallest absolute Gasteiger partial charge is 0.387 e. The Morgan fingerprint density at radius 1 is 1.30 bits per heavy atom. The number of amides is 1. The summed E-state index contributed by atoms with van der Waals surface area (Å²) in [5.74, 6) is -1.55. The standard InChI is InChI=1S/C20H17F2N3O5/c1-11-5-4-6-15(12(11)2)24-19(26)14(10-23)7-13-8-17(29-3)18(30-20(21)22)9-16(13)25(27)28/h4-9,20H,1-3H3,(H,24,26)/b14-7+. The van der Waals surface area contributed by atoms with Crippen molar-refractivity contribution in [2.75, 3.05) is 12.4 Å². The topological polar surface area (TPSA) is 114 Å². The lowest BCUT2D eigenvalue weighted by atomic mass is 10.1. The lowest BCUT2D eigenvalue weighted by molar-refractivity contribution is -0.385. The second kappa shape index (κ2) is 9.47. The van der Waals surface area contributed by atoms with E-state index in [4.69, 9.17) is 4.74 Å². The van der Waals surface area contributed by atoms with Gasteiger partial charge < -0.3 is 14.8 Å². The number of carbonyl (C=O) groups excluding carboxylic acids is 1. The number of nitro benzene ring substituents is 1. The molecule has 0 fully saturated rings. The number of benzene rings is 2. The van der Waals surface area contributed by atoms with Crippen LogP contribution in [0.25, 0.3) is 6.08 Å². The van der Waals surface area contributed by atoms with Crippen LogP contribution in [0.4, 0.5) is 20.2 Å². The van der Waals surface area contributed by atoms with Crippen LogP contribution in [0.2, 0.25) is 0 Å². The van der Waals surface area contributed by atoms with E-state index in [0.29, 0.717) is 5.69 Å². The maximum Gasteiger partial charge on any atom is 0.387 e. The molecule has 2 rings (SSSR count). The number of rotatable bonds is 7. The molecule has 10 heteroatoms. The molecule has 0 aliphatic rings. The third-order valence-electron chi connectivity index (χ3n) is 4.24. The molecule has 0 aliphatic carbocycles. The van der Waals surface area contributed by atoms with Gasteiger partial charge in [-0.2, -0.15) is 14.0 Å². The van der Waals surface area contributed by atoms with Crippen LogP contribution in [-0.2, 0) is 4.79 Å². The molecule has 0 atom stereocenters. The molecule has 2 aromatic carbocycles. The number of aryl methyl sites for hydroxylation is 1. The van der Waals surface area contributed by atoms with Gasteiger partial charge in [0, 0.05) is 5.69 Å². The number of methoxy groups -OCH3 is 1. The normalized spacial score (nSPS) is 11.0. The molecule has 0 unspecified atom stereocenters. The van der Waals surface area contributed by atoms with Crippen molar-refractivity contribution in [2.45, 2.75) is 20.5 Å². The molecule has 8 nitrogen and oxygen atoms in total. The van der Waals surface area contributed by atoms with E-state index in [1.165, 1.54) is 0 Å². The van der Waals surface area contributed by atoms with Gasteiger partial charge in [0.2, 0.25) is 0 Å². The first kappa shape index (κ1) is 22.3. The number of ether oxygens (including phenoxy) is 2. The molecule has 0 aliphatic heterocycles. The number of anilines is 1. The molecule has 0 aromatic heterocycles. The van der Waals surface area contributed by atoms with E-state index >= 15 is 0 Å². The number of halogens is 2. The van der Waals surface area contributed by atoms with Gasteiger partial charge in [0.1, 0.15) is 11.6 Å². The Balaban J connectivity index is 2.49. The summed E-state index contributed by atoms with van der Waals surface area (Å²) >= 11 is 0. The molecule has 0 bridgehead atoms. The average Bonchev–Trinajstić information content (AvgIpc) is 2.69. The number of hydrogen-bond acceptors (Lipinski definition) is 6. The average molecular weight is 417 g/mol. The van der Waals surface area contributed by atoms with E-state index in [1.807, 2.05) is 13.0 Å². The lowest BCUT2D eigenvalue weighted by Gasteiger charge is -2.12. The van der Waals surface area contributed by atoms with E-state index in [9.17, 15) is 29.0 Å². The Kier molecular flexibility index (Phi) is 7.03. The van der Waals surface area contributed by atoms with E-state index in [0.717, 1.165) is 36.4 Å². The molecular formula is C20H17F2N3O5. The summed E-state index contributed by atoms with van der Waals surface area (Å²) in [6.45, 7) is 0.418. The van der Waals surface area contributed by atoms with Gasteiger partial charge in [-0.3, -0.25) is 14.9 Å². The van der Waals surface area contributed by atoms with Gasteiger partial charge in [-0.15, -0.1) is 0 Å². The molecule has 2 aromatic rings. The summed E-state index contributed by atoms with van der Waals surface area (Å²) < 4.78 is 34.3. The van der Waals surface area contributed by atoms with E-state index in [2.05, 4.69) is 10.1 Å². The van der Waals surface area contributed by atoms with Crippen LogP contribution in [0, 0.1) is 35.3 Å². The lowest BCUT2D eigenvalue weighted by Crippen LogP contribution is -2.14. The van der Waals surface area contributed by atoms with Crippen LogP contribution in [0.5, 0.6) is 11.5 Å². The number of hydrogen-bond donors (Lipinski definition) is 1. The predicted molar refractivity (Wildman–Crippen MR) is 104 cm³/mol. The highest BCUT2D eigenvalue weighted by Gasteiger charge is 2.22. The Hall–Kier alpha value is -4.00. The van der Waals surface area contributed by atoms with Crippen molar-refractivity contribution in [3.8, 4) is 17.6 Å². The molecule has 1 amide bonds. The highest BCUT2D eigenvalue weighted by molar-refractivity contribution is 6.10. The number of alkyl halides is 2. The van der Waals surface area contributed by atoms with Gasteiger partial charge in [-0.25, -0.2) is 0 Å². The van der Waals surface area contributed by atoms with Gasteiger partial charge in [-0.1, -0.05) is 12.1 Å². The Bertz CT molecular complexity index is 1060. The second-order valence-corrected chi connectivity index (χ2v) is 6.07. The quantitative estimate of drug-likeness (QED) is 0.310. The zero-order valence-electron chi connectivity index (χ0n) is 16.2. The van der Waals surface area contributed by atoms with Gasteiger partial charge in [0.05, 0.1) is 23.7 Å². The maximum absolute atomic E-state index is 12.6. The second-order valence-electron chi connectivity index (χ2n) is 6.07. The Morgan fingerprint density at radius 3 is 2.57 bits per heavy atom. The minimum absolute atomic E-state index is 0.189. The van der Waals surface area contributed by atoms with Crippen LogP contribution in [0.3, 0.4) is 0 Å². The number of nitriles is 1. The molecule has 0 spiro atoms. The molecule has 0 saturated heterocycles. The number of nitro groups is 1. The van der Waals surface area contributed by atoms with E-state index < -0.39 is 34.5 Å². The number of nitrogens with zero attached hydrogens (tertiary/aromatic N) is 2. The van der Waals surface area contributed by atoms with Gasteiger partial charge in [0.15, 0.2) is 11.5 Å². The fourth-order valence-electron chi connectivity index (χ4n) is 2.57. The maximum atomic E-state index is 12.6. The van der Waals surface area contributed by atoms with Crippen molar-refractivity contribution >= 4 is 23.4 Å². The SMILES string of the molecule is COc1cc(/C=C(\C#N)C(=O)Nc2cccc(C)c2C)c([N+](=O)[O-])cc1OC(F)F.